The average molecular weight is 165 g/mol. The zero-order valence-corrected chi connectivity index (χ0v) is 7.09. The predicted molar refractivity (Wildman–Crippen MR) is 47.1 cm³/mol. The molecule has 0 saturated heterocycles. The molecule has 1 aromatic heterocycles. The molecule has 4 nitrogen and oxygen atoms in total. The number of rotatable bonds is 1. The van der Waals surface area contributed by atoms with Gasteiger partial charge in [-0.25, -0.2) is 4.79 Å². The van der Waals surface area contributed by atoms with Crippen LogP contribution >= 0.6 is 0 Å². The Kier molecular flexibility index (Phi) is 2.63. The number of urea groups is 1. The average Bonchev–Trinajstić information content (AvgIpc) is 2.04. The summed E-state index contributed by atoms with van der Waals surface area (Å²) in [5, 5.41) is 5.07. The highest BCUT2D eigenvalue weighted by atomic mass is 16.2. The van der Waals surface area contributed by atoms with Gasteiger partial charge in [0, 0.05) is 13.2 Å². The fourth-order valence-electron chi connectivity index (χ4n) is 0.817. The van der Waals surface area contributed by atoms with Crippen LogP contribution in [0.1, 0.15) is 5.56 Å². The van der Waals surface area contributed by atoms with E-state index in [0.29, 0.717) is 5.69 Å². The maximum absolute atomic E-state index is 10.8. The van der Waals surface area contributed by atoms with Gasteiger partial charge in [0.05, 0.1) is 11.9 Å². The molecule has 0 aromatic carbocycles. The maximum atomic E-state index is 10.8. The van der Waals surface area contributed by atoms with Gasteiger partial charge in [-0.15, -0.1) is 0 Å². The van der Waals surface area contributed by atoms with Crippen molar-refractivity contribution in [2.24, 2.45) is 0 Å². The molecule has 2 amide bonds. The summed E-state index contributed by atoms with van der Waals surface area (Å²) in [7, 11) is 1.57. The van der Waals surface area contributed by atoms with Gasteiger partial charge in [0.15, 0.2) is 0 Å². The van der Waals surface area contributed by atoms with E-state index < -0.39 is 0 Å². The minimum Gasteiger partial charge on any atom is -0.341 e. The third-order valence-electron chi connectivity index (χ3n) is 1.36. The lowest BCUT2D eigenvalue weighted by molar-refractivity contribution is 0.254. The van der Waals surface area contributed by atoms with Crippen LogP contribution in [0.3, 0.4) is 0 Å². The number of amides is 2. The van der Waals surface area contributed by atoms with Crippen molar-refractivity contribution in [3.63, 3.8) is 0 Å². The smallest absolute Gasteiger partial charge is 0.319 e. The number of carbonyl (C=O) groups excluding carboxylic acids is 1. The van der Waals surface area contributed by atoms with Crippen molar-refractivity contribution >= 4 is 11.7 Å². The molecule has 1 heterocycles. The molecular formula is C8H11N3O. The molecule has 0 spiro atoms. The molecule has 12 heavy (non-hydrogen) atoms. The van der Waals surface area contributed by atoms with E-state index in [1.165, 1.54) is 0 Å². The van der Waals surface area contributed by atoms with E-state index in [1.54, 1.807) is 19.4 Å². The third kappa shape index (κ3) is 2.23. The molecule has 0 aliphatic carbocycles. The molecule has 0 atom stereocenters. The molecule has 1 aromatic rings. The Hall–Kier alpha value is -1.58. The second-order valence-electron chi connectivity index (χ2n) is 2.46. The van der Waals surface area contributed by atoms with Crippen molar-refractivity contribution in [3.05, 3.63) is 24.0 Å². The summed E-state index contributed by atoms with van der Waals surface area (Å²) in [6.45, 7) is 1.92. The molecule has 2 N–H and O–H groups in total. The van der Waals surface area contributed by atoms with Crippen LogP contribution in [0.2, 0.25) is 0 Å². The number of aryl methyl sites for hydroxylation is 1. The van der Waals surface area contributed by atoms with Crippen LogP contribution in [0.5, 0.6) is 0 Å². The van der Waals surface area contributed by atoms with Crippen molar-refractivity contribution in [1.82, 2.24) is 10.3 Å². The quantitative estimate of drug-likeness (QED) is 0.655. The van der Waals surface area contributed by atoms with Gasteiger partial charge < -0.3 is 10.6 Å². The van der Waals surface area contributed by atoms with E-state index >= 15 is 0 Å². The molecule has 0 bridgehead atoms. The van der Waals surface area contributed by atoms with Crippen molar-refractivity contribution in [3.8, 4) is 0 Å². The number of nitrogens with zero attached hydrogens (tertiary/aromatic N) is 1. The number of aromatic nitrogens is 1. The molecule has 0 aliphatic heterocycles. The van der Waals surface area contributed by atoms with E-state index in [2.05, 4.69) is 15.6 Å². The van der Waals surface area contributed by atoms with Crippen molar-refractivity contribution in [2.45, 2.75) is 6.92 Å². The minimum atomic E-state index is -0.234. The topological polar surface area (TPSA) is 54.0 Å². The van der Waals surface area contributed by atoms with Crippen molar-refractivity contribution in [2.75, 3.05) is 12.4 Å². The summed E-state index contributed by atoms with van der Waals surface area (Å²) in [5.41, 5.74) is 1.72. The summed E-state index contributed by atoms with van der Waals surface area (Å²) in [6.07, 6.45) is 3.33. The van der Waals surface area contributed by atoms with E-state index in [1.807, 2.05) is 13.0 Å². The lowest BCUT2D eigenvalue weighted by atomic mass is 10.3. The Morgan fingerprint density at radius 3 is 2.83 bits per heavy atom. The largest absolute Gasteiger partial charge is 0.341 e. The van der Waals surface area contributed by atoms with E-state index in [4.69, 9.17) is 0 Å². The van der Waals surface area contributed by atoms with Gasteiger partial charge in [-0.05, 0) is 18.6 Å². The monoisotopic (exact) mass is 165 g/mol. The molecule has 0 aliphatic rings. The van der Waals surface area contributed by atoms with Gasteiger partial charge in [0.25, 0.3) is 0 Å². The molecule has 1 rings (SSSR count). The predicted octanol–water partition coefficient (Wildman–Crippen LogP) is 1.14. The molecule has 0 radical (unpaired) electrons. The first-order valence-corrected chi connectivity index (χ1v) is 3.63. The Labute approximate surface area is 71.0 Å². The van der Waals surface area contributed by atoms with Gasteiger partial charge in [0.2, 0.25) is 0 Å². The lowest BCUT2D eigenvalue weighted by Crippen LogP contribution is -2.24. The van der Waals surface area contributed by atoms with E-state index in [0.717, 1.165) is 5.56 Å². The zero-order valence-electron chi connectivity index (χ0n) is 7.09. The highest BCUT2D eigenvalue weighted by molar-refractivity contribution is 5.88. The van der Waals surface area contributed by atoms with Crippen LogP contribution < -0.4 is 10.6 Å². The number of nitrogens with one attached hydrogen (secondary N) is 2. The number of hydrogen-bond acceptors (Lipinski definition) is 2. The first-order chi connectivity index (χ1) is 5.72. The highest BCUT2D eigenvalue weighted by Gasteiger charge is 1.97. The normalized spacial score (nSPS) is 9.17. The van der Waals surface area contributed by atoms with Crippen LogP contribution in [-0.2, 0) is 0 Å². The van der Waals surface area contributed by atoms with Crippen LogP contribution in [0.25, 0.3) is 0 Å². The molecular weight excluding hydrogens is 154 g/mol. The summed E-state index contributed by atoms with van der Waals surface area (Å²) < 4.78 is 0. The molecule has 0 saturated carbocycles. The van der Waals surface area contributed by atoms with Crippen LogP contribution in [0, 0.1) is 6.92 Å². The number of carbonyl (C=O) groups is 1. The van der Waals surface area contributed by atoms with Gasteiger partial charge in [-0.2, -0.15) is 0 Å². The van der Waals surface area contributed by atoms with Crippen molar-refractivity contribution in [1.29, 1.82) is 0 Å². The maximum Gasteiger partial charge on any atom is 0.319 e. The highest BCUT2D eigenvalue weighted by Crippen LogP contribution is 2.06. The van der Waals surface area contributed by atoms with Crippen LogP contribution in [-0.4, -0.2) is 18.1 Å². The number of anilines is 1. The van der Waals surface area contributed by atoms with E-state index in [9.17, 15) is 4.79 Å². The Morgan fingerprint density at radius 1 is 1.50 bits per heavy atom. The molecule has 0 fully saturated rings. The minimum absolute atomic E-state index is 0.234. The summed E-state index contributed by atoms with van der Waals surface area (Å²) in [4.78, 5) is 14.8. The Bertz CT molecular complexity index is 285. The van der Waals surface area contributed by atoms with E-state index in [-0.39, 0.29) is 6.03 Å². The summed E-state index contributed by atoms with van der Waals surface area (Å²) >= 11 is 0. The second kappa shape index (κ2) is 3.71. The molecule has 64 valence electrons. The summed E-state index contributed by atoms with van der Waals surface area (Å²) in [5.74, 6) is 0. The molecule has 0 unspecified atom stereocenters. The Balaban J connectivity index is 2.69. The van der Waals surface area contributed by atoms with Gasteiger partial charge >= 0.3 is 6.03 Å². The van der Waals surface area contributed by atoms with Gasteiger partial charge in [-0.1, -0.05) is 0 Å². The third-order valence-corrected chi connectivity index (χ3v) is 1.36. The van der Waals surface area contributed by atoms with Crippen LogP contribution in [0.4, 0.5) is 10.5 Å². The first kappa shape index (κ1) is 8.52. The van der Waals surface area contributed by atoms with Gasteiger partial charge in [-0.3, -0.25) is 4.98 Å². The Morgan fingerprint density at radius 2 is 2.25 bits per heavy atom. The number of hydrogen-bond donors (Lipinski definition) is 2. The zero-order chi connectivity index (χ0) is 8.97. The second-order valence-corrected chi connectivity index (χ2v) is 2.46. The lowest BCUT2D eigenvalue weighted by Gasteiger charge is -2.03. The fraction of sp³-hybridized carbons (Fsp3) is 0.250. The fourth-order valence-corrected chi connectivity index (χ4v) is 0.817. The first-order valence-electron chi connectivity index (χ1n) is 3.63. The summed E-state index contributed by atoms with van der Waals surface area (Å²) in [6, 6.07) is 1.62. The molecule has 4 heteroatoms. The van der Waals surface area contributed by atoms with Crippen molar-refractivity contribution < 1.29 is 4.79 Å². The van der Waals surface area contributed by atoms with Crippen LogP contribution in [0.15, 0.2) is 18.5 Å². The SMILES string of the molecule is CNC(=O)Nc1cncc(C)c1. The number of pyridine rings is 1. The van der Waals surface area contributed by atoms with Gasteiger partial charge in [0.1, 0.15) is 0 Å². The standard InChI is InChI=1S/C8H11N3O/c1-6-3-7(5-10-4-6)11-8(12)9-2/h3-5H,1-2H3,(H2,9,11,12).